The number of piperidine rings is 1. The minimum Gasteiger partial charge on any atom is -0.507 e. The number of phenols is 2. The summed E-state index contributed by atoms with van der Waals surface area (Å²) in [4.78, 5) is 2.40. The number of phenolic OH excluding ortho intramolecular Hbond substituents is 2. The zero-order chi connectivity index (χ0) is 13.3. The third-order valence-electron chi connectivity index (χ3n) is 4.19. The predicted octanol–water partition coefficient (Wildman–Crippen LogP) is 3.42. The molecule has 3 nitrogen and oxygen atoms in total. The summed E-state index contributed by atoms with van der Waals surface area (Å²) in [7, 11) is 0. The van der Waals surface area contributed by atoms with E-state index in [0.29, 0.717) is 17.6 Å². The lowest BCUT2D eigenvalue weighted by Crippen LogP contribution is -2.45. The summed E-state index contributed by atoms with van der Waals surface area (Å²) in [5.74, 6) is 0.375. The van der Waals surface area contributed by atoms with Gasteiger partial charge in [0.25, 0.3) is 0 Å². The number of benzene rings is 1. The van der Waals surface area contributed by atoms with Gasteiger partial charge in [-0.15, -0.1) is 0 Å². The second-order valence-electron chi connectivity index (χ2n) is 5.46. The molecule has 0 radical (unpaired) electrons. The van der Waals surface area contributed by atoms with E-state index in [1.54, 1.807) is 18.2 Å². The van der Waals surface area contributed by atoms with Crippen LogP contribution in [0.25, 0.3) is 0 Å². The smallest absolute Gasteiger partial charge is 0.124 e. The summed E-state index contributed by atoms with van der Waals surface area (Å²) in [5.41, 5.74) is 0.651. The molecule has 1 heterocycles. The first-order chi connectivity index (χ1) is 8.52. The molecule has 0 amide bonds. The maximum atomic E-state index is 9.98. The lowest BCUT2D eigenvalue weighted by atomic mass is 9.92. The van der Waals surface area contributed by atoms with Crippen LogP contribution in [0, 0.1) is 0 Å². The molecular weight excluding hydrogens is 226 g/mol. The second kappa shape index (κ2) is 5.19. The van der Waals surface area contributed by atoms with Crippen molar-refractivity contribution in [1.82, 2.24) is 4.90 Å². The van der Waals surface area contributed by atoms with Crippen LogP contribution in [-0.4, -0.2) is 27.2 Å². The molecule has 18 heavy (non-hydrogen) atoms. The van der Waals surface area contributed by atoms with Crippen LogP contribution in [0.1, 0.15) is 51.6 Å². The van der Waals surface area contributed by atoms with Crippen LogP contribution in [0.15, 0.2) is 18.2 Å². The van der Waals surface area contributed by atoms with Crippen molar-refractivity contribution in [2.24, 2.45) is 0 Å². The molecule has 0 saturated carbocycles. The number of rotatable bonds is 2. The van der Waals surface area contributed by atoms with Gasteiger partial charge in [0.05, 0.1) is 5.56 Å². The molecular formula is C15H23NO2. The van der Waals surface area contributed by atoms with Crippen LogP contribution in [0.5, 0.6) is 11.5 Å². The third kappa shape index (κ3) is 2.32. The highest BCUT2D eigenvalue weighted by Crippen LogP contribution is 2.39. The zero-order valence-electron chi connectivity index (χ0n) is 11.4. The van der Waals surface area contributed by atoms with Gasteiger partial charge in [-0.3, -0.25) is 4.90 Å². The third-order valence-corrected chi connectivity index (χ3v) is 4.19. The van der Waals surface area contributed by atoms with Gasteiger partial charge in [-0.1, -0.05) is 12.5 Å². The Labute approximate surface area is 109 Å². The van der Waals surface area contributed by atoms with Crippen LogP contribution >= 0.6 is 0 Å². The molecule has 1 aromatic rings. The number of likely N-dealkylation sites (tertiary alicyclic amines) is 1. The monoisotopic (exact) mass is 249 g/mol. The summed E-state index contributed by atoms with van der Waals surface area (Å²) < 4.78 is 0. The molecule has 0 bridgehead atoms. The van der Waals surface area contributed by atoms with E-state index in [4.69, 9.17) is 0 Å². The van der Waals surface area contributed by atoms with E-state index in [-0.39, 0.29) is 17.5 Å². The molecule has 3 unspecified atom stereocenters. The molecule has 0 aliphatic carbocycles. The van der Waals surface area contributed by atoms with E-state index in [2.05, 4.69) is 25.7 Å². The Kier molecular flexibility index (Phi) is 3.81. The highest BCUT2D eigenvalue weighted by molar-refractivity contribution is 5.45. The molecule has 1 saturated heterocycles. The van der Waals surface area contributed by atoms with Crippen LogP contribution < -0.4 is 0 Å². The lowest BCUT2D eigenvalue weighted by Gasteiger charge is -2.43. The summed E-state index contributed by atoms with van der Waals surface area (Å²) in [6, 6.07) is 5.97. The summed E-state index contributed by atoms with van der Waals surface area (Å²) in [5, 5.41) is 20.0. The average molecular weight is 249 g/mol. The highest BCUT2D eigenvalue weighted by atomic mass is 16.3. The largest absolute Gasteiger partial charge is 0.507 e. The highest BCUT2D eigenvalue weighted by Gasteiger charge is 2.31. The molecule has 1 aromatic carbocycles. The van der Waals surface area contributed by atoms with Crippen molar-refractivity contribution in [3.8, 4) is 11.5 Å². The van der Waals surface area contributed by atoms with E-state index in [1.807, 2.05) is 0 Å². The molecule has 1 aliphatic rings. The van der Waals surface area contributed by atoms with Gasteiger partial charge < -0.3 is 10.2 Å². The Morgan fingerprint density at radius 2 is 1.61 bits per heavy atom. The summed E-state index contributed by atoms with van der Waals surface area (Å²) >= 11 is 0. The molecule has 1 fully saturated rings. The van der Waals surface area contributed by atoms with Crippen LogP contribution in [0.4, 0.5) is 0 Å². The number of aromatic hydroxyl groups is 2. The Morgan fingerprint density at radius 1 is 1.11 bits per heavy atom. The van der Waals surface area contributed by atoms with Crippen LogP contribution in [0.3, 0.4) is 0 Å². The molecule has 2 N–H and O–H groups in total. The normalized spacial score (nSPS) is 27.1. The molecule has 3 atom stereocenters. The molecule has 1 aliphatic heterocycles. The van der Waals surface area contributed by atoms with Gasteiger partial charge in [-0.05, 0) is 45.7 Å². The Bertz CT molecular complexity index is 389. The van der Waals surface area contributed by atoms with Crippen molar-refractivity contribution in [2.75, 3.05) is 0 Å². The molecule has 100 valence electrons. The average Bonchev–Trinajstić information content (AvgIpc) is 2.28. The van der Waals surface area contributed by atoms with Crippen LogP contribution in [-0.2, 0) is 0 Å². The Balaban J connectivity index is 2.32. The van der Waals surface area contributed by atoms with E-state index < -0.39 is 0 Å². The SMILES string of the molecule is CC1CCCC(C)N1C(C)c1c(O)cccc1O. The van der Waals surface area contributed by atoms with Crippen molar-refractivity contribution >= 4 is 0 Å². The molecule has 2 rings (SSSR count). The summed E-state index contributed by atoms with van der Waals surface area (Å²) in [6.45, 7) is 6.51. The van der Waals surface area contributed by atoms with E-state index in [9.17, 15) is 10.2 Å². The Hall–Kier alpha value is -1.22. The quantitative estimate of drug-likeness (QED) is 0.844. The Morgan fingerprint density at radius 3 is 2.11 bits per heavy atom. The van der Waals surface area contributed by atoms with Gasteiger partial charge in [0.15, 0.2) is 0 Å². The van der Waals surface area contributed by atoms with E-state index in [1.165, 1.54) is 19.3 Å². The van der Waals surface area contributed by atoms with E-state index >= 15 is 0 Å². The van der Waals surface area contributed by atoms with Crippen LogP contribution in [0.2, 0.25) is 0 Å². The maximum absolute atomic E-state index is 9.98. The fraction of sp³-hybridized carbons (Fsp3) is 0.600. The topological polar surface area (TPSA) is 43.7 Å². The van der Waals surface area contributed by atoms with Gasteiger partial charge >= 0.3 is 0 Å². The first-order valence-corrected chi connectivity index (χ1v) is 6.80. The van der Waals surface area contributed by atoms with E-state index in [0.717, 1.165) is 0 Å². The van der Waals surface area contributed by atoms with Gasteiger partial charge in [0, 0.05) is 18.1 Å². The minimum atomic E-state index is 0.0384. The van der Waals surface area contributed by atoms with Crippen molar-refractivity contribution < 1.29 is 10.2 Å². The molecule has 0 spiro atoms. The second-order valence-corrected chi connectivity index (χ2v) is 5.46. The maximum Gasteiger partial charge on any atom is 0.124 e. The zero-order valence-corrected chi connectivity index (χ0v) is 11.4. The number of nitrogens with zero attached hydrogens (tertiary/aromatic N) is 1. The molecule has 3 heteroatoms. The lowest BCUT2D eigenvalue weighted by molar-refractivity contribution is 0.0602. The first kappa shape index (κ1) is 13.2. The minimum absolute atomic E-state index is 0.0384. The predicted molar refractivity (Wildman–Crippen MR) is 72.8 cm³/mol. The van der Waals surface area contributed by atoms with Crippen molar-refractivity contribution in [3.05, 3.63) is 23.8 Å². The van der Waals surface area contributed by atoms with Gasteiger partial charge in [0.1, 0.15) is 11.5 Å². The first-order valence-electron chi connectivity index (χ1n) is 6.80. The van der Waals surface area contributed by atoms with Crippen molar-refractivity contribution in [2.45, 2.75) is 58.2 Å². The van der Waals surface area contributed by atoms with Gasteiger partial charge in [-0.2, -0.15) is 0 Å². The summed E-state index contributed by atoms with van der Waals surface area (Å²) in [6.07, 6.45) is 3.63. The fourth-order valence-corrected chi connectivity index (χ4v) is 3.32. The van der Waals surface area contributed by atoms with Crippen molar-refractivity contribution in [3.63, 3.8) is 0 Å². The standard InChI is InChI=1S/C15H23NO2/c1-10-6-4-7-11(2)16(10)12(3)15-13(17)8-5-9-14(15)18/h5,8-12,17-18H,4,6-7H2,1-3H3. The molecule has 0 aromatic heterocycles. The van der Waals surface area contributed by atoms with Gasteiger partial charge in [-0.25, -0.2) is 0 Å². The number of hydrogen-bond acceptors (Lipinski definition) is 3. The fourth-order valence-electron chi connectivity index (χ4n) is 3.32. The van der Waals surface area contributed by atoms with Crippen molar-refractivity contribution in [1.29, 1.82) is 0 Å². The van der Waals surface area contributed by atoms with Gasteiger partial charge in [0.2, 0.25) is 0 Å². The number of hydrogen-bond donors (Lipinski definition) is 2.